The maximum atomic E-state index is 13.8. The molecule has 0 aliphatic rings. The number of amides is 1. The standard InChI is InChI=1S/C19H22F2N8O2/c1-11-6-17(27-18(25-11)19(2,20)21)26-14-7-12(8-16(22)30)23-9-13(14)15-10-24-29(28-15)4-5-31-3/h6-7,9-10H,4-5,8H2,1-3H3,(H2,22,30)(H,23,25,26,27). The molecule has 3 heterocycles. The number of nitrogens with one attached hydrogen (secondary N) is 1. The Kier molecular flexibility index (Phi) is 6.49. The Hall–Kier alpha value is -3.54. The third-order valence-corrected chi connectivity index (χ3v) is 4.13. The third kappa shape index (κ3) is 5.75. The van der Waals surface area contributed by atoms with Gasteiger partial charge in [0.2, 0.25) is 11.7 Å². The molecular formula is C19H22F2N8O2. The number of ether oxygens (including phenoxy) is 1. The molecular weight excluding hydrogens is 410 g/mol. The van der Waals surface area contributed by atoms with Gasteiger partial charge in [-0.25, -0.2) is 9.97 Å². The zero-order valence-corrected chi connectivity index (χ0v) is 17.3. The summed E-state index contributed by atoms with van der Waals surface area (Å²) in [6.45, 7) is 3.21. The van der Waals surface area contributed by atoms with Crippen molar-refractivity contribution in [3.63, 3.8) is 0 Å². The highest BCUT2D eigenvalue weighted by Crippen LogP contribution is 2.30. The molecule has 164 valence electrons. The number of carbonyl (C=O) groups is 1. The van der Waals surface area contributed by atoms with Crippen LogP contribution in [0.25, 0.3) is 11.3 Å². The summed E-state index contributed by atoms with van der Waals surface area (Å²) in [5, 5.41) is 11.6. The number of aromatic nitrogens is 6. The molecule has 0 atom stereocenters. The first kappa shape index (κ1) is 22.2. The van der Waals surface area contributed by atoms with Crippen molar-refractivity contribution in [2.24, 2.45) is 5.73 Å². The minimum atomic E-state index is -3.20. The van der Waals surface area contributed by atoms with Crippen LogP contribution in [0.3, 0.4) is 0 Å². The van der Waals surface area contributed by atoms with Crippen molar-refractivity contribution in [1.82, 2.24) is 29.9 Å². The van der Waals surface area contributed by atoms with Gasteiger partial charge in [0, 0.05) is 37.6 Å². The molecule has 10 nitrogen and oxygen atoms in total. The Bertz CT molecular complexity index is 1080. The summed E-state index contributed by atoms with van der Waals surface area (Å²) in [6.07, 6.45) is 2.97. The molecule has 0 aliphatic heterocycles. The topological polar surface area (TPSA) is 134 Å². The summed E-state index contributed by atoms with van der Waals surface area (Å²) in [5.41, 5.74) is 7.52. The lowest BCUT2D eigenvalue weighted by molar-refractivity contribution is -0.117. The lowest BCUT2D eigenvalue weighted by Gasteiger charge is -2.14. The SMILES string of the molecule is COCCn1ncc(-c2cnc(CC(N)=O)cc2Nc2cc(C)nc(C(C)(F)F)n2)n1. The van der Waals surface area contributed by atoms with Crippen molar-refractivity contribution in [3.8, 4) is 11.3 Å². The molecule has 0 fully saturated rings. The maximum Gasteiger partial charge on any atom is 0.303 e. The van der Waals surface area contributed by atoms with Crippen LogP contribution < -0.4 is 11.1 Å². The van der Waals surface area contributed by atoms with Crippen molar-refractivity contribution in [3.05, 3.63) is 41.7 Å². The molecule has 31 heavy (non-hydrogen) atoms. The van der Waals surface area contributed by atoms with Crippen LogP contribution >= 0.6 is 0 Å². The average Bonchev–Trinajstić information content (AvgIpc) is 3.13. The first-order valence-electron chi connectivity index (χ1n) is 9.33. The minimum absolute atomic E-state index is 0.0867. The Morgan fingerprint density at radius 3 is 2.74 bits per heavy atom. The molecule has 3 rings (SSSR count). The number of aryl methyl sites for hydroxylation is 1. The van der Waals surface area contributed by atoms with Crippen LogP contribution in [-0.4, -0.2) is 49.6 Å². The number of primary amides is 1. The molecule has 0 unspecified atom stereocenters. The number of rotatable bonds is 9. The van der Waals surface area contributed by atoms with Crippen molar-refractivity contribution in [2.75, 3.05) is 19.0 Å². The summed E-state index contributed by atoms with van der Waals surface area (Å²) in [4.78, 5) is 24.8. The number of hydrogen-bond donors (Lipinski definition) is 2. The Balaban J connectivity index is 2.01. The maximum absolute atomic E-state index is 13.8. The van der Waals surface area contributed by atoms with Gasteiger partial charge in [0.05, 0.1) is 37.2 Å². The fourth-order valence-electron chi connectivity index (χ4n) is 2.75. The van der Waals surface area contributed by atoms with Crippen LogP contribution in [-0.2, 0) is 28.4 Å². The van der Waals surface area contributed by atoms with Gasteiger partial charge in [-0.2, -0.15) is 23.8 Å². The van der Waals surface area contributed by atoms with Crippen LogP contribution in [0.1, 0.15) is 24.1 Å². The molecule has 0 aliphatic carbocycles. The highest BCUT2D eigenvalue weighted by molar-refractivity contribution is 5.80. The van der Waals surface area contributed by atoms with Crippen LogP contribution in [0.5, 0.6) is 0 Å². The van der Waals surface area contributed by atoms with Crippen LogP contribution in [0.4, 0.5) is 20.3 Å². The third-order valence-electron chi connectivity index (χ3n) is 4.13. The van der Waals surface area contributed by atoms with Gasteiger partial charge in [0.25, 0.3) is 0 Å². The smallest absolute Gasteiger partial charge is 0.303 e. The number of halogens is 2. The number of pyridine rings is 1. The second-order valence-corrected chi connectivity index (χ2v) is 6.91. The molecule has 0 spiro atoms. The first-order chi connectivity index (χ1) is 14.7. The van der Waals surface area contributed by atoms with E-state index in [9.17, 15) is 13.6 Å². The Morgan fingerprint density at radius 1 is 1.29 bits per heavy atom. The highest BCUT2D eigenvalue weighted by atomic mass is 19.3. The van der Waals surface area contributed by atoms with Crippen molar-refractivity contribution >= 4 is 17.4 Å². The quantitative estimate of drug-likeness (QED) is 0.524. The lowest BCUT2D eigenvalue weighted by atomic mass is 10.1. The molecule has 3 N–H and O–H groups in total. The van der Waals surface area contributed by atoms with Crippen molar-refractivity contribution < 1.29 is 18.3 Å². The largest absolute Gasteiger partial charge is 0.383 e. The Morgan fingerprint density at radius 2 is 2.06 bits per heavy atom. The van der Waals surface area contributed by atoms with Gasteiger partial charge in [-0.15, -0.1) is 0 Å². The monoisotopic (exact) mass is 432 g/mol. The summed E-state index contributed by atoms with van der Waals surface area (Å²) in [5.74, 6) is -4.20. The van der Waals surface area contributed by atoms with E-state index in [1.165, 1.54) is 17.1 Å². The molecule has 0 saturated carbocycles. The van der Waals surface area contributed by atoms with E-state index in [-0.39, 0.29) is 12.2 Å². The Labute approximate surface area is 176 Å². The number of methoxy groups -OCH3 is 1. The molecule has 3 aromatic heterocycles. The number of nitrogens with two attached hydrogens (primary N) is 1. The number of carbonyl (C=O) groups excluding carboxylic acids is 1. The predicted molar refractivity (Wildman–Crippen MR) is 108 cm³/mol. The molecule has 0 aromatic carbocycles. The number of anilines is 2. The van der Waals surface area contributed by atoms with Gasteiger partial charge < -0.3 is 15.8 Å². The summed E-state index contributed by atoms with van der Waals surface area (Å²) in [6, 6.07) is 3.12. The van der Waals surface area contributed by atoms with E-state index in [1.54, 1.807) is 26.3 Å². The van der Waals surface area contributed by atoms with Crippen molar-refractivity contribution in [2.45, 2.75) is 32.7 Å². The second kappa shape index (κ2) is 9.08. The van der Waals surface area contributed by atoms with Gasteiger partial charge in [0.15, 0.2) is 0 Å². The minimum Gasteiger partial charge on any atom is -0.383 e. The van der Waals surface area contributed by atoms with E-state index in [1.807, 2.05) is 0 Å². The van der Waals surface area contributed by atoms with Crippen LogP contribution in [0.15, 0.2) is 24.5 Å². The van der Waals surface area contributed by atoms with Gasteiger partial charge in [-0.05, 0) is 13.0 Å². The number of hydrogen-bond acceptors (Lipinski definition) is 8. The average molecular weight is 432 g/mol. The van der Waals surface area contributed by atoms with Crippen molar-refractivity contribution in [1.29, 1.82) is 0 Å². The van der Waals surface area contributed by atoms with E-state index in [2.05, 4.69) is 30.5 Å². The van der Waals surface area contributed by atoms with E-state index < -0.39 is 17.7 Å². The van der Waals surface area contributed by atoms with E-state index >= 15 is 0 Å². The fourth-order valence-corrected chi connectivity index (χ4v) is 2.75. The van der Waals surface area contributed by atoms with E-state index in [0.717, 1.165) is 6.92 Å². The first-order valence-corrected chi connectivity index (χ1v) is 9.33. The zero-order chi connectivity index (χ0) is 22.6. The summed E-state index contributed by atoms with van der Waals surface area (Å²) in [7, 11) is 1.58. The summed E-state index contributed by atoms with van der Waals surface area (Å²) >= 11 is 0. The zero-order valence-electron chi connectivity index (χ0n) is 17.3. The second-order valence-electron chi connectivity index (χ2n) is 6.91. The summed E-state index contributed by atoms with van der Waals surface area (Å²) < 4.78 is 32.5. The molecule has 3 aromatic rings. The van der Waals surface area contributed by atoms with E-state index in [0.29, 0.717) is 41.5 Å². The molecule has 0 radical (unpaired) electrons. The van der Waals surface area contributed by atoms with Gasteiger partial charge in [-0.1, -0.05) is 0 Å². The lowest BCUT2D eigenvalue weighted by Crippen LogP contribution is -2.15. The molecule has 12 heteroatoms. The molecule has 0 saturated heterocycles. The normalized spacial score (nSPS) is 11.5. The van der Waals surface area contributed by atoms with Crippen LogP contribution in [0.2, 0.25) is 0 Å². The van der Waals surface area contributed by atoms with Gasteiger partial charge in [0.1, 0.15) is 11.5 Å². The van der Waals surface area contributed by atoms with Crippen LogP contribution in [0, 0.1) is 6.92 Å². The predicted octanol–water partition coefficient (Wildman–Crippen LogP) is 1.97. The van der Waals surface area contributed by atoms with Gasteiger partial charge in [-0.3, -0.25) is 9.78 Å². The van der Waals surface area contributed by atoms with Gasteiger partial charge >= 0.3 is 5.92 Å². The number of alkyl halides is 2. The fraction of sp³-hybridized carbons (Fsp3) is 0.368. The molecule has 1 amide bonds. The number of nitrogens with zero attached hydrogens (tertiary/aromatic N) is 6. The highest BCUT2D eigenvalue weighted by Gasteiger charge is 2.29. The molecule has 0 bridgehead atoms. The van der Waals surface area contributed by atoms with E-state index in [4.69, 9.17) is 10.5 Å².